The standard InChI is InChI=1S/C26H27F3N2O2S/c1-31-21-16-18(24(32)30-20-7-5-3-2-4-6-8-20)11-14-22(21)34-23(25(31)33)15-17-9-12-19(13-10-17)26(27,28)29/h9-16,20H,2-8H2,1H3,(H,30,32)/b23-15-. The summed E-state index contributed by atoms with van der Waals surface area (Å²) in [5.74, 6) is -0.403. The number of carbonyl (C=O) groups is 2. The van der Waals surface area contributed by atoms with Crippen LogP contribution in [0.25, 0.3) is 6.08 Å². The van der Waals surface area contributed by atoms with Gasteiger partial charge in [-0.3, -0.25) is 9.59 Å². The van der Waals surface area contributed by atoms with E-state index < -0.39 is 11.7 Å². The van der Waals surface area contributed by atoms with Crippen molar-refractivity contribution in [3.63, 3.8) is 0 Å². The Labute approximate surface area is 201 Å². The van der Waals surface area contributed by atoms with Gasteiger partial charge in [0, 0.05) is 23.5 Å². The van der Waals surface area contributed by atoms with E-state index in [2.05, 4.69) is 5.32 Å². The molecule has 2 aromatic rings. The molecule has 0 aromatic heterocycles. The quantitative estimate of drug-likeness (QED) is 0.492. The van der Waals surface area contributed by atoms with Gasteiger partial charge in [-0.1, -0.05) is 56.0 Å². The van der Waals surface area contributed by atoms with Crippen molar-refractivity contribution < 1.29 is 22.8 Å². The molecular weight excluding hydrogens is 461 g/mol. The fourth-order valence-electron chi connectivity index (χ4n) is 4.32. The van der Waals surface area contributed by atoms with Crippen LogP contribution in [0.2, 0.25) is 0 Å². The van der Waals surface area contributed by atoms with Gasteiger partial charge in [0.05, 0.1) is 16.2 Å². The number of benzene rings is 2. The first-order valence-corrected chi connectivity index (χ1v) is 12.3. The number of nitrogens with zero attached hydrogens (tertiary/aromatic N) is 1. The minimum Gasteiger partial charge on any atom is -0.349 e. The highest BCUT2D eigenvalue weighted by Gasteiger charge is 2.30. The molecule has 1 saturated carbocycles. The molecule has 2 aromatic carbocycles. The Kier molecular flexibility index (Phi) is 7.36. The lowest BCUT2D eigenvalue weighted by atomic mass is 9.96. The number of carbonyl (C=O) groups excluding carboxylic acids is 2. The number of anilines is 1. The van der Waals surface area contributed by atoms with Crippen molar-refractivity contribution in [1.82, 2.24) is 5.32 Å². The number of fused-ring (bicyclic) bond motifs is 1. The molecule has 1 heterocycles. The fraction of sp³-hybridized carbons (Fsp3) is 0.385. The summed E-state index contributed by atoms with van der Waals surface area (Å²) in [6.45, 7) is 0. The predicted molar refractivity (Wildman–Crippen MR) is 129 cm³/mol. The third-order valence-electron chi connectivity index (χ3n) is 6.29. The molecule has 4 nitrogen and oxygen atoms in total. The van der Waals surface area contributed by atoms with Gasteiger partial charge in [0.25, 0.3) is 11.8 Å². The maximum atomic E-state index is 12.9. The van der Waals surface area contributed by atoms with Crippen LogP contribution in [0.15, 0.2) is 52.3 Å². The van der Waals surface area contributed by atoms with Crippen LogP contribution < -0.4 is 10.2 Å². The molecule has 34 heavy (non-hydrogen) atoms. The Bertz CT molecular complexity index is 1090. The van der Waals surface area contributed by atoms with E-state index >= 15 is 0 Å². The lowest BCUT2D eigenvalue weighted by Gasteiger charge is -2.27. The van der Waals surface area contributed by atoms with Crippen LogP contribution in [-0.4, -0.2) is 24.9 Å². The summed E-state index contributed by atoms with van der Waals surface area (Å²) in [5, 5.41) is 3.15. The van der Waals surface area contributed by atoms with Crippen LogP contribution in [-0.2, 0) is 11.0 Å². The highest BCUT2D eigenvalue weighted by Crippen LogP contribution is 2.42. The summed E-state index contributed by atoms with van der Waals surface area (Å²) in [6.07, 6.45) is 5.08. The van der Waals surface area contributed by atoms with Crippen LogP contribution in [0.5, 0.6) is 0 Å². The SMILES string of the molecule is CN1C(=O)/C(=C/c2ccc(C(F)(F)F)cc2)Sc2ccc(C(=O)NC3CCCCCCC3)cc21. The third-order valence-corrected chi connectivity index (χ3v) is 7.37. The number of hydrogen-bond donors (Lipinski definition) is 1. The van der Waals surface area contributed by atoms with Gasteiger partial charge < -0.3 is 10.2 Å². The molecule has 4 rings (SSSR count). The smallest absolute Gasteiger partial charge is 0.349 e. The summed E-state index contributed by atoms with van der Waals surface area (Å²) < 4.78 is 38.4. The average molecular weight is 489 g/mol. The fourth-order valence-corrected chi connectivity index (χ4v) is 5.42. The van der Waals surface area contributed by atoms with Gasteiger partial charge in [0.2, 0.25) is 0 Å². The molecule has 0 saturated heterocycles. The zero-order chi connectivity index (χ0) is 24.3. The molecule has 8 heteroatoms. The monoisotopic (exact) mass is 488 g/mol. The Morgan fingerprint density at radius 3 is 2.32 bits per heavy atom. The molecule has 0 bridgehead atoms. The van der Waals surface area contributed by atoms with Crippen molar-refractivity contribution in [3.8, 4) is 0 Å². The van der Waals surface area contributed by atoms with Crippen LogP contribution in [0.1, 0.15) is 66.4 Å². The Hall–Kier alpha value is -2.74. The Morgan fingerprint density at radius 2 is 1.68 bits per heavy atom. The highest BCUT2D eigenvalue weighted by atomic mass is 32.2. The maximum absolute atomic E-state index is 12.9. The average Bonchev–Trinajstić information content (AvgIpc) is 2.78. The summed E-state index contributed by atoms with van der Waals surface area (Å²) in [4.78, 5) is 28.5. The molecule has 1 N–H and O–H groups in total. The van der Waals surface area contributed by atoms with Gasteiger partial charge in [-0.05, 0) is 54.8 Å². The van der Waals surface area contributed by atoms with E-state index in [0.717, 1.165) is 42.7 Å². The van der Waals surface area contributed by atoms with Crippen molar-refractivity contribution in [3.05, 3.63) is 64.1 Å². The number of alkyl halides is 3. The van der Waals surface area contributed by atoms with Crippen molar-refractivity contribution in [2.75, 3.05) is 11.9 Å². The summed E-state index contributed by atoms with van der Waals surface area (Å²) in [6, 6.07) is 10.2. The van der Waals surface area contributed by atoms with E-state index in [0.29, 0.717) is 21.7 Å². The van der Waals surface area contributed by atoms with Gasteiger partial charge in [-0.25, -0.2) is 0 Å². The number of thioether (sulfide) groups is 1. The molecule has 1 aliphatic heterocycles. The molecule has 2 amide bonds. The van der Waals surface area contributed by atoms with E-state index in [9.17, 15) is 22.8 Å². The van der Waals surface area contributed by atoms with E-state index in [4.69, 9.17) is 0 Å². The first kappa shape index (κ1) is 24.4. The zero-order valence-electron chi connectivity index (χ0n) is 19.0. The molecule has 1 aliphatic carbocycles. The van der Waals surface area contributed by atoms with Gasteiger partial charge in [-0.2, -0.15) is 13.2 Å². The Balaban J connectivity index is 1.50. The van der Waals surface area contributed by atoms with Crippen LogP contribution in [0, 0.1) is 0 Å². The minimum atomic E-state index is -4.40. The molecule has 1 fully saturated rings. The van der Waals surface area contributed by atoms with Gasteiger partial charge in [0.15, 0.2) is 0 Å². The molecule has 0 spiro atoms. The van der Waals surface area contributed by atoms with E-state index in [-0.39, 0.29) is 17.9 Å². The number of likely N-dealkylation sites (N-methyl/N-ethyl adjacent to an activating group) is 1. The lowest BCUT2D eigenvalue weighted by molar-refractivity contribution is -0.137. The third kappa shape index (κ3) is 5.66. The second-order valence-electron chi connectivity index (χ2n) is 8.79. The van der Waals surface area contributed by atoms with E-state index in [1.165, 1.54) is 48.1 Å². The van der Waals surface area contributed by atoms with Crippen LogP contribution in [0.3, 0.4) is 0 Å². The number of amides is 2. The van der Waals surface area contributed by atoms with Gasteiger partial charge >= 0.3 is 6.18 Å². The molecular formula is C26H27F3N2O2S. The predicted octanol–water partition coefficient (Wildman–Crippen LogP) is 6.66. The van der Waals surface area contributed by atoms with Gasteiger partial charge in [-0.15, -0.1) is 0 Å². The normalized spacial score (nSPS) is 18.9. The number of halogens is 3. The number of hydrogen-bond acceptors (Lipinski definition) is 3. The molecule has 180 valence electrons. The van der Waals surface area contributed by atoms with Crippen molar-refractivity contribution in [2.45, 2.75) is 62.1 Å². The van der Waals surface area contributed by atoms with Gasteiger partial charge in [0.1, 0.15) is 0 Å². The van der Waals surface area contributed by atoms with Crippen LogP contribution >= 0.6 is 11.8 Å². The topological polar surface area (TPSA) is 49.4 Å². The molecule has 0 radical (unpaired) electrons. The van der Waals surface area contributed by atoms with Crippen molar-refractivity contribution in [2.24, 2.45) is 0 Å². The minimum absolute atomic E-state index is 0.134. The van der Waals surface area contributed by atoms with Crippen molar-refractivity contribution in [1.29, 1.82) is 0 Å². The number of nitrogens with one attached hydrogen (secondary N) is 1. The molecule has 2 aliphatic rings. The van der Waals surface area contributed by atoms with Crippen molar-refractivity contribution >= 4 is 35.3 Å². The summed E-state index contributed by atoms with van der Waals surface area (Å²) >= 11 is 1.25. The lowest BCUT2D eigenvalue weighted by Crippen LogP contribution is -2.35. The second kappa shape index (κ2) is 10.3. The summed E-state index contributed by atoms with van der Waals surface area (Å²) in [7, 11) is 1.64. The second-order valence-corrected chi connectivity index (χ2v) is 9.88. The molecule has 0 unspecified atom stereocenters. The highest BCUT2D eigenvalue weighted by molar-refractivity contribution is 8.04. The largest absolute Gasteiger partial charge is 0.416 e. The zero-order valence-corrected chi connectivity index (χ0v) is 19.8. The Morgan fingerprint density at radius 1 is 1.03 bits per heavy atom. The summed E-state index contributed by atoms with van der Waals surface area (Å²) in [5.41, 5.74) is 0.932. The van der Waals surface area contributed by atoms with E-state index in [1.807, 2.05) is 6.07 Å². The van der Waals surface area contributed by atoms with E-state index in [1.54, 1.807) is 25.3 Å². The molecule has 0 atom stereocenters. The maximum Gasteiger partial charge on any atom is 0.416 e. The first-order valence-electron chi connectivity index (χ1n) is 11.5. The van der Waals surface area contributed by atoms with Crippen LogP contribution in [0.4, 0.5) is 18.9 Å². The first-order chi connectivity index (χ1) is 16.2. The number of rotatable bonds is 3.